The van der Waals surface area contributed by atoms with Gasteiger partial charge in [0.05, 0.1) is 21.5 Å². The van der Waals surface area contributed by atoms with Crippen molar-refractivity contribution in [2.45, 2.75) is 20.1 Å². The number of fused-ring (bicyclic) bond motifs is 1. The van der Waals surface area contributed by atoms with Gasteiger partial charge in [-0.25, -0.2) is 0 Å². The molecular weight excluding hydrogens is 545 g/mol. The van der Waals surface area contributed by atoms with Crippen LogP contribution in [0.25, 0.3) is 6.08 Å². The number of carbonyl (C=O) groups is 2. The number of thioether (sulfide) groups is 1. The van der Waals surface area contributed by atoms with Gasteiger partial charge in [-0.3, -0.25) is 14.5 Å². The number of hydrogen-bond acceptors (Lipinski definition) is 6. The molecule has 2 amide bonds. The summed E-state index contributed by atoms with van der Waals surface area (Å²) in [6.45, 7) is 2.41. The molecule has 0 saturated carbocycles. The van der Waals surface area contributed by atoms with Gasteiger partial charge in [0.15, 0.2) is 17.2 Å². The maximum absolute atomic E-state index is 13.0. The summed E-state index contributed by atoms with van der Waals surface area (Å²) in [5.74, 6) is 0.956. The summed E-state index contributed by atoms with van der Waals surface area (Å²) in [7, 11) is 0. The Kier molecular flexibility index (Phi) is 7.08. The van der Waals surface area contributed by atoms with Crippen LogP contribution in [0, 0.1) is 6.92 Å². The Morgan fingerprint density at radius 1 is 1.00 bits per heavy atom. The van der Waals surface area contributed by atoms with Crippen molar-refractivity contribution in [2.75, 3.05) is 6.79 Å². The van der Waals surface area contributed by atoms with E-state index in [2.05, 4.69) is 0 Å². The van der Waals surface area contributed by atoms with Crippen molar-refractivity contribution in [1.29, 1.82) is 0 Å². The van der Waals surface area contributed by atoms with Crippen molar-refractivity contribution in [2.24, 2.45) is 0 Å². The molecule has 0 N–H and O–H groups in total. The first-order valence-corrected chi connectivity index (χ1v) is 12.7. The van der Waals surface area contributed by atoms with Crippen molar-refractivity contribution in [3.8, 4) is 17.2 Å². The van der Waals surface area contributed by atoms with Crippen molar-refractivity contribution < 1.29 is 23.8 Å². The number of hydrogen-bond donors (Lipinski definition) is 0. The average molecular weight is 563 g/mol. The van der Waals surface area contributed by atoms with Crippen LogP contribution in [-0.2, 0) is 17.9 Å². The third-order valence-electron chi connectivity index (χ3n) is 5.53. The second-order valence-electron chi connectivity index (χ2n) is 8.16. The Morgan fingerprint density at radius 3 is 2.44 bits per heavy atom. The molecule has 0 spiro atoms. The molecule has 2 heterocycles. The second kappa shape index (κ2) is 10.3. The lowest BCUT2D eigenvalue weighted by Gasteiger charge is -2.14. The van der Waals surface area contributed by atoms with E-state index in [1.807, 2.05) is 31.2 Å². The fraction of sp³-hybridized carbons (Fsp3) is 0.154. The normalized spacial score (nSPS) is 15.8. The molecule has 1 fully saturated rings. The highest BCUT2D eigenvalue weighted by Crippen LogP contribution is 2.40. The first-order valence-electron chi connectivity index (χ1n) is 10.8. The van der Waals surface area contributed by atoms with E-state index in [0.717, 1.165) is 27.8 Å². The van der Waals surface area contributed by atoms with E-state index >= 15 is 0 Å². The number of aryl methyl sites for hydroxylation is 1. The van der Waals surface area contributed by atoms with E-state index in [0.29, 0.717) is 50.1 Å². The van der Waals surface area contributed by atoms with Crippen molar-refractivity contribution in [3.63, 3.8) is 0 Å². The summed E-state index contributed by atoms with van der Waals surface area (Å²) >= 11 is 20.0. The standard InChI is InChI=1S/C26H18Cl3NO5S/c1-14-3-2-4-15(5-14)12-33-24-19(28)6-16(7-20(24)29)8-23-25(31)30(26(32)36-23)11-17-9-21-22(10-18(17)27)35-13-34-21/h2-10H,11-13H2,1H3/b23-8-. The number of carbonyl (C=O) groups excluding carboxylic acids is 2. The van der Waals surface area contributed by atoms with Gasteiger partial charge in [0.1, 0.15) is 6.61 Å². The van der Waals surface area contributed by atoms with Gasteiger partial charge in [-0.2, -0.15) is 0 Å². The van der Waals surface area contributed by atoms with Gasteiger partial charge < -0.3 is 14.2 Å². The Morgan fingerprint density at radius 2 is 1.72 bits per heavy atom. The van der Waals surface area contributed by atoms with Crippen LogP contribution in [0.4, 0.5) is 4.79 Å². The van der Waals surface area contributed by atoms with Crippen molar-refractivity contribution in [3.05, 3.63) is 90.8 Å². The Balaban J connectivity index is 1.32. The van der Waals surface area contributed by atoms with Crippen LogP contribution in [0.3, 0.4) is 0 Å². The van der Waals surface area contributed by atoms with E-state index < -0.39 is 11.1 Å². The number of rotatable bonds is 6. The summed E-state index contributed by atoms with van der Waals surface area (Å²) < 4.78 is 16.5. The lowest BCUT2D eigenvalue weighted by atomic mass is 10.1. The van der Waals surface area contributed by atoms with E-state index in [1.54, 1.807) is 30.3 Å². The number of halogens is 3. The maximum Gasteiger partial charge on any atom is 0.293 e. The second-order valence-corrected chi connectivity index (χ2v) is 10.4. The largest absolute Gasteiger partial charge is 0.486 e. The predicted molar refractivity (Wildman–Crippen MR) is 141 cm³/mol. The van der Waals surface area contributed by atoms with Gasteiger partial charge in [-0.05, 0) is 59.7 Å². The number of imide groups is 1. The van der Waals surface area contributed by atoms with Gasteiger partial charge >= 0.3 is 0 Å². The molecule has 0 bridgehead atoms. The fourth-order valence-corrected chi connectivity index (χ4v) is 5.46. The van der Waals surface area contributed by atoms with Crippen molar-refractivity contribution >= 4 is 63.8 Å². The molecule has 36 heavy (non-hydrogen) atoms. The zero-order valence-corrected chi connectivity index (χ0v) is 21.9. The molecule has 0 radical (unpaired) electrons. The fourth-order valence-electron chi connectivity index (χ4n) is 3.80. The predicted octanol–water partition coefficient (Wildman–Crippen LogP) is 7.50. The first-order chi connectivity index (χ1) is 17.3. The Bertz CT molecular complexity index is 1400. The zero-order chi connectivity index (χ0) is 25.4. The van der Waals surface area contributed by atoms with Gasteiger partial charge in [0.25, 0.3) is 11.1 Å². The highest BCUT2D eigenvalue weighted by Gasteiger charge is 2.36. The molecule has 0 unspecified atom stereocenters. The lowest BCUT2D eigenvalue weighted by molar-refractivity contribution is -0.123. The third kappa shape index (κ3) is 5.15. The van der Waals surface area contributed by atoms with Crippen LogP contribution in [0.5, 0.6) is 17.2 Å². The van der Waals surface area contributed by atoms with Crippen LogP contribution in [0.1, 0.15) is 22.3 Å². The van der Waals surface area contributed by atoms with Crippen LogP contribution in [0.2, 0.25) is 15.1 Å². The number of amides is 2. The minimum Gasteiger partial charge on any atom is -0.486 e. The van der Waals surface area contributed by atoms with Crippen LogP contribution in [-0.4, -0.2) is 22.8 Å². The lowest BCUT2D eigenvalue weighted by Crippen LogP contribution is -2.27. The molecule has 2 aliphatic rings. The highest BCUT2D eigenvalue weighted by molar-refractivity contribution is 8.18. The summed E-state index contributed by atoms with van der Waals surface area (Å²) in [6, 6.07) is 14.5. The Labute approximate surface area is 226 Å². The van der Waals surface area contributed by atoms with Gasteiger partial charge in [-0.15, -0.1) is 0 Å². The third-order valence-corrected chi connectivity index (χ3v) is 7.35. The summed E-state index contributed by atoms with van der Waals surface area (Å²) in [6.07, 6.45) is 1.58. The molecule has 1 saturated heterocycles. The number of nitrogens with zero attached hydrogens (tertiary/aromatic N) is 1. The smallest absolute Gasteiger partial charge is 0.293 e. The molecule has 0 atom stereocenters. The maximum atomic E-state index is 13.0. The number of ether oxygens (including phenoxy) is 3. The first kappa shape index (κ1) is 24.8. The van der Waals surface area contributed by atoms with E-state index in [9.17, 15) is 9.59 Å². The quantitative estimate of drug-likeness (QED) is 0.290. The monoisotopic (exact) mass is 561 g/mol. The van der Waals surface area contributed by atoms with Gasteiger partial charge in [0, 0.05) is 11.1 Å². The SMILES string of the molecule is Cc1cccc(COc2c(Cl)cc(/C=C3\SC(=O)N(Cc4cc5c(cc4Cl)OCO5)C3=O)cc2Cl)c1. The molecule has 3 aromatic carbocycles. The molecule has 6 nitrogen and oxygen atoms in total. The molecule has 184 valence electrons. The molecular formula is C26H18Cl3NO5S. The summed E-state index contributed by atoms with van der Waals surface area (Å²) in [5.41, 5.74) is 3.26. The molecule has 10 heteroatoms. The molecule has 3 aromatic rings. The van der Waals surface area contributed by atoms with Crippen LogP contribution in [0.15, 0.2) is 53.4 Å². The average Bonchev–Trinajstić information content (AvgIpc) is 3.37. The summed E-state index contributed by atoms with van der Waals surface area (Å²) in [5, 5.41) is 0.568. The molecule has 2 aliphatic heterocycles. The number of benzene rings is 3. The minimum absolute atomic E-state index is 0.00469. The molecule has 5 rings (SSSR count). The summed E-state index contributed by atoms with van der Waals surface area (Å²) in [4.78, 5) is 27.0. The van der Waals surface area contributed by atoms with E-state index in [-0.39, 0.29) is 18.2 Å². The van der Waals surface area contributed by atoms with Crippen LogP contribution >= 0.6 is 46.6 Å². The topological polar surface area (TPSA) is 65.1 Å². The molecule has 0 aromatic heterocycles. The minimum atomic E-state index is -0.439. The van der Waals surface area contributed by atoms with E-state index in [4.69, 9.17) is 49.0 Å². The molecule has 0 aliphatic carbocycles. The van der Waals surface area contributed by atoms with Gasteiger partial charge in [-0.1, -0.05) is 64.6 Å². The Hall–Kier alpha value is -2.84. The highest BCUT2D eigenvalue weighted by atomic mass is 35.5. The van der Waals surface area contributed by atoms with Crippen molar-refractivity contribution in [1.82, 2.24) is 4.90 Å². The van der Waals surface area contributed by atoms with Gasteiger partial charge in [0.2, 0.25) is 6.79 Å². The van der Waals surface area contributed by atoms with E-state index in [1.165, 1.54) is 0 Å². The zero-order valence-electron chi connectivity index (χ0n) is 18.8. The van der Waals surface area contributed by atoms with Crippen LogP contribution < -0.4 is 14.2 Å².